The molecule has 0 spiro atoms. The van der Waals surface area contributed by atoms with Crippen molar-refractivity contribution in [2.75, 3.05) is 6.54 Å². The van der Waals surface area contributed by atoms with E-state index in [4.69, 9.17) is 11.6 Å². The van der Waals surface area contributed by atoms with Crippen molar-refractivity contribution in [1.29, 1.82) is 0 Å². The Kier molecular flexibility index (Phi) is 4.48. The SMILES string of the molecule is O=C(O)c1cccc(CN2CCC[C@H]2Cn2cc(C3CC3)nn2)c1Cl. The monoisotopic (exact) mass is 360 g/mol. The normalized spacial score (nSPS) is 20.9. The molecule has 4 rings (SSSR count). The number of aromatic carboxylic acids is 1. The van der Waals surface area contributed by atoms with Gasteiger partial charge in [-0.2, -0.15) is 0 Å². The number of likely N-dealkylation sites (tertiary alicyclic amines) is 1. The first-order valence-corrected chi connectivity index (χ1v) is 9.14. The fourth-order valence-corrected chi connectivity index (χ4v) is 3.85. The minimum absolute atomic E-state index is 0.167. The molecule has 1 aliphatic heterocycles. The zero-order valence-electron chi connectivity index (χ0n) is 13.9. The Labute approximate surface area is 151 Å². The summed E-state index contributed by atoms with van der Waals surface area (Å²) in [5.74, 6) is -0.369. The Morgan fingerprint density at radius 2 is 2.16 bits per heavy atom. The van der Waals surface area contributed by atoms with Crippen LogP contribution in [0.5, 0.6) is 0 Å². The summed E-state index contributed by atoms with van der Waals surface area (Å²) in [6.45, 7) is 2.47. The number of aromatic nitrogens is 3. The molecule has 0 radical (unpaired) electrons. The third-order valence-electron chi connectivity index (χ3n) is 5.13. The second kappa shape index (κ2) is 6.77. The summed E-state index contributed by atoms with van der Waals surface area (Å²) < 4.78 is 1.95. The number of carboxylic acids is 1. The van der Waals surface area contributed by atoms with E-state index in [-0.39, 0.29) is 5.56 Å². The minimum atomic E-state index is -0.986. The number of benzene rings is 1. The molecular weight excluding hydrogens is 340 g/mol. The van der Waals surface area contributed by atoms with E-state index in [2.05, 4.69) is 21.4 Å². The van der Waals surface area contributed by atoms with Crippen molar-refractivity contribution in [2.24, 2.45) is 0 Å². The largest absolute Gasteiger partial charge is 0.478 e. The van der Waals surface area contributed by atoms with Gasteiger partial charge in [0.1, 0.15) is 0 Å². The number of carbonyl (C=O) groups is 1. The molecule has 0 amide bonds. The Morgan fingerprint density at radius 3 is 2.92 bits per heavy atom. The summed E-state index contributed by atoms with van der Waals surface area (Å²) in [5, 5.41) is 18.1. The van der Waals surface area contributed by atoms with Crippen molar-refractivity contribution < 1.29 is 9.90 Å². The zero-order valence-corrected chi connectivity index (χ0v) is 14.7. The molecule has 6 nitrogen and oxygen atoms in total. The number of carboxylic acid groups (broad SMARTS) is 1. The van der Waals surface area contributed by atoms with E-state index in [0.29, 0.717) is 23.5 Å². The molecule has 1 N–H and O–H groups in total. The standard InChI is InChI=1S/C18H21ClN4O2/c19-17-13(3-1-5-15(17)18(24)25)9-22-8-2-4-14(22)10-23-11-16(20-21-23)12-6-7-12/h1,3,5,11-12,14H,2,4,6-10H2,(H,24,25)/t14-/m0/s1. The number of rotatable bonds is 6. The fourth-order valence-electron chi connectivity index (χ4n) is 3.58. The second-order valence-corrected chi connectivity index (χ2v) is 7.37. The molecule has 1 atom stereocenters. The summed E-state index contributed by atoms with van der Waals surface area (Å²) >= 11 is 6.30. The van der Waals surface area contributed by atoms with E-state index in [1.165, 1.54) is 12.8 Å². The molecule has 0 unspecified atom stereocenters. The first-order valence-electron chi connectivity index (χ1n) is 8.76. The fraction of sp³-hybridized carbons (Fsp3) is 0.500. The predicted molar refractivity (Wildman–Crippen MR) is 93.8 cm³/mol. The molecule has 1 saturated carbocycles. The van der Waals surface area contributed by atoms with Gasteiger partial charge < -0.3 is 5.11 Å². The van der Waals surface area contributed by atoms with Gasteiger partial charge >= 0.3 is 5.97 Å². The summed E-state index contributed by atoms with van der Waals surface area (Å²) in [5.41, 5.74) is 2.15. The predicted octanol–water partition coefficient (Wildman–Crippen LogP) is 3.17. The molecule has 1 aromatic heterocycles. The van der Waals surface area contributed by atoms with Crippen LogP contribution in [0.2, 0.25) is 5.02 Å². The molecule has 1 aromatic carbocycles. The zero-order chi connectivity index (χ0) is 17.4. The van der Waals surface area contributed by atoms with Crippen LogP contribution in [-0.4, -0.2) is 43.6 Å². The highest BCUT2D eigenvalue weighted by Crippen LogP contribution is 2.38. The summed E-state index contributed by atoms with van der Waals surface area (Å²) in [7, 11) is 0. The van der Waals surface area contributed by atoms with Crippen molar-refractivity contribution in [3.63, 3.8) is 0 Å². The van der Waals surface area contributed by atoms with Crippen molar-refractivity contribution in [2.45, 2.75) is 50.7 Å². The molecule has 25 heavy (non-hydrogen) atoms. The smallest absolute Gasteiger partial charge is 0.337 e. The number of nitrogens with zero attached hydrogens (tertiary/aromatic N) is 4. The lowest BCUT2D eigenvalue weighted by Gasteiger charge is -2.25. The van der Waals surface area contributed by atoms with Gasteiger partial charge in [-0.3, -0.25) is 9.58 Å². The first kappa shape index (κ1) is 16.5. The van der Waals surface area contributed by atoms with Gasteiger partial charge in [-0.15, -0.1) is 5.10 Å². The van der Waals surface area contributed by atoms with Gasteiger partial charge in [-0.25, -0.2) is 4.79 Å². The van der Waals surface area contributed by atoms with E-state index >= 15 is 0 Å². The van der Waals surface area contributed by atoms with Gasteiger partial charge in [0.2, 0.25) is 0 Å². The molecule has 2 aliphatic rings. The van der Waals surface area contributed by atoms with Crippen LogP contribution in [0.15, 0.2) is 24.4 Å². The maximum Gasteiger partial charge on any atom is 0.337 e. The van der Waals surface area contributed by atoms with Gasteiger partial charge in [0.15, 0.2) is 0 Å². The molecule has 1 saturated heterocycles. The Bertz CT molecular complexity index is 787. The van der Waals surface area contributed by atoms with E-state index < -0.39 is 5.97 Å². The van der Waals surface area contributed by atoms with Gasteiger partial charge in [-0.1, -0.05) is 28.9 Å². The lowest BCUT2D eigenvalue weighted by atomic mass is 10.1. The third kappa shape index (κ3) is 3.55. The highest BCUT2D eigenvalue weighted by molar-refractivity contribution is 6.34. The van der Waals surface area contributed by atoms with Crippen molar-refractivity contribution in [1.82, 2.24) is 19.9 Å². The van der Waals surface area contributed by atoms with Crippen LogP contribution in [0.4, 0.5) is 0 Å². The van der Waals surface area contributed by atoms with Crippen molar-refractivity contribution >= 4 is 17.6 Å². The van der Waals surface area contributed by atoms with Crippen LogP contribution in [0.25, 0.3) is 0 Å². The Morgan fingerprint density at radius 1 is 1.32 bits per heavy atom. The van der Waals surface area contributed by atoms with E-state index in [9.17, 15) is 9.90 Å². The Balaban J connectivity index is 1.46. The van der Waals surface area contributed by atoms with Crippen molar-refractivity contribution in [3.8, 4) is 0 Å². The minimum Gasteiger partial charge on any atom is -0.478 e. The average Bonchev–Trinajstić information content (AvgIpc) is 3.19. The lowest BCUT2D eigenvalue weighted by Crippen LogP contribution is -2.32. The summed E-state index contributed by atoms with van der Waals surface area (Å²) in [6.07, 6.45) is 6.77. The molecule has 7 heteroatoms. The molecule has 2 heterocycles. The average molecular weight is 361 g/mol. The highest BCUT2D eigenvalue weighted by atomic mass is 35.5. The van der Waals surface area contributed by atoms with Crippen LogP contribution in [0.1, 0.15) is 53.2 Å². The van der Waals surface area contributed by atoms with Crippen LogP contribution in [-0.2, 0) is 13.1 Å². The summed E-state index contributed by atoms with van der Waals surface area (Å²) in [6, 6.07) is 5.59. The molecule has 2 aromatic rings. The third-order valence-corrected chi connectivity index (χ3v) is 5.58. The van der Waals surface area contributed by atoms with E-state index in [1.807, 2.05) is 10.7 Å². The van der Waals surface area contributed by atoms with Crippen LogP contribution in [0, 0.1) is 0 Å². The molecule has 1 aliphatic carbocycles. The van der Waals surface area contributed by atoms with Gasteiger partial charge in [0.25, 0.3) is 0 Å². The molecular formula is C18H21ClN4O2. The number of halogens is 1. The number of hydrogen-bond acceptors (Lipinski definition) is 4. The second-order valence-electron chi connectivity index (χ2n) is 6.99. The topological polar surface area (TPSA) is 71.2 Å². The Hall–Kier alpha value is -1.92. The quantitative estimate of drug-likeness (QED) is 0.856. The van der Waals surface area contributed by atoms with Crippen LogP contribution < -0.4 is 0 Å². The van der Waals surface area contributed by atoms with Crippen LogP contribution >= 0.6 is 11.6 Å². The van der Waals surface area contributed by atoms with E-state index in [0.717, 1.165) is 37.2 Å². The summed E-state index contributed by atoms with van der Waals surface area (Å²) in [4.78, 5) is 13.6. The lowest BCUT2D eigenvalue weighted by molar-refractivity contribution is 0.0697. The number of hydrogen-bond donors (Lipinski definition) is 1. The maximum absolute atomic E-state index is 11.3. The van der Waals surface area contributed by atoms with Crippen molar-refractivity contribution in [3.05, 3.63) is 46.2 Å². The van der Waals surface area contributed by atoms with Gasteiger partial charge in [-0.05, 0) is 43.9 Å². The van der Waals surface area contributed by atoms with E-state index in [1.54, 1.807) is 12.1 Å². The first-order chi connectivity index (χ1) is 12.1. The van der Waals surface area contributed by atoms with Gasteiger partial charge in [0, 0.05) is 24.7 Å². The highest BCUT2D eigenvalue weighted by Gasteiger charge is 2.29. The molecule has 0 bridgehead atoms. The molecule has 2 fully saturated rings. The van der Waals surface area contributed by atoms with Gasteiger partial charge in [0.05, 0.1) is 22.8 Å². The van der Waals surface area contributed by atoms with Crippen LogP contribution in [0.3, 0.4) is 0 Å². The maximum atomic E-state index is 11.3. The molecule has 132 valence electrons.